The van der Waals surface area contributed by atoms with Crippen molar-refractivity contribution in [2.24, 2.45) is 11.3 Å². The smallest absolute Gasteiger partial charge is 0.326 e. The molecule has 0 aromatic rings. The van der Waals surface area contributed by atoms with E-state index in [1.54, 1.807) is 0 Å². The molecule has 0 aliphatic carbocycles. The molecule has 1 aliphatic heterocycles. The molecule has 20 heavy (non-hydrogen) atoms. The van der Waals surface area contributed by atoms with Crippen molar-refractivity contribution in [3.8, 4) is 0 Å². The van der Waals surface area contributed by atoms with Crippen LogP contribution >= 0.6 is 0 Å². The Bertz CT molecular complexity index is 331. The predicted molar refractivity (Wildman–Crippen MR) is 78.5 cm³/mol. The van der Waals surface area contributed by atoms with Crippen LogP contribution in [-0.2, 0) is 9.59 Å². The highest BCUT2D eigenvalue weighted by Gasteiger charge is 2.40. The van der Waals surface area contributed by atoms with Gasteiger partial charge in [-0.1, -0.05) is 27.2 Å². The molecule has 5 nitrogen and oxygen atoms in total. The van der Waals surface area contributed by atoms with Gasteiger partial charge in [0.1, 0.15) is 6.04 Å². The third-order valence-electron chi connectivity index (χ3n) is 3.99. The molecule has 1 saturated heterocycles. The van der Waals surface area contributed by atoms with E-state index in [2.05, 4.69) is 17.6 Å². The van der Waals surface area contributed by atoms with Gasteiger partial charge in [0, 0.05) is 6.54 Å². The first-order valence-electron chi connectivity index (χ1n) is 7.66. The molecule has 5 heteroatoms. The minimum Gasteiger partial charge on any atom is -0.480 e. The summed E-state index contributed by atoms with van der Waals surface area (Å²) in [4.78, 5) is 23.9. The maximum absolute atomic E-state index is 12.6. The van der Waals surface area contributed by atoms with E-state index in [-0.39, 0.29) is 11.8 Å². The van der Waals surface area contributed by atoms with Gasteiger partial charge in [-0.2, -0.15) is 0 Å². The summed E-state index contributed by atoms with van der Waals surface area (Å²) in [5, 5.41) is 15.3. The summed E-state index contributed by atoms with van der Waals surface area (Å²) in [6, 6.07) is -0.779. The highest BCUT2D eigenvalue weighted by Crippen LogP contribution is 2.32. The molecule has 0 aromatic heterocycles. The van der Waals surface area contributed by atoms with E-state index in [1.807, 2.05) is 13.8 Å². The number of carboxylic acid groups (broad SMARTS) is 1. The third kappa shape index (κ3) is 4.47. The molecule has 1 aliphatic rings. The van der Waals surface area contributed by atoms with Gasteiger partial charge in [-0.05, 0) is 38.1 Å². The van der Waals surface area contributed by atoms with Crippen LogP contribution in [0, 0.1) is 11.3 Å². The number of amides is 1. The summed E-state index contributed by atoms with van der Waals surface area (Å²) < 4.78 is 0. The lowest BCUT2D eigenvalue weighted by Crippen LogP contribution is -2.54. The molecule has 1 fully saturated rings. The Balaban J connectivity index is 2.75. The number of carbonyl (C=O) groups excluding carboxylic acids is 1. The van der Waals surface area contributed by atoms with Crippen LogP contribution in [0.1, 0.15) is 52.9 Å². The van der Waals surface area contributed by atoms with E-state index in [0.29, 0.717) is 13.0 Å². The second-order valence-electron chi connectivity index (χ2n) is 6.30. The minimum absolute atomic E-state index is 0.0976. The minimum atomic E-state index is -0.942. The number of piperidine rings is 1. The van der Waals surface area contributed by atoms with Crippen LogP contribution in [0.25, 0.3) is 0 Å². The van der Waals surface area contributed by atoms with Crippen molar-refractivity contribution in [2.45, 2.75) is 58.9 Å². The highest BCUT2D eigenvalue weighted by molar-refractivity contribution is 5.87. The molecule has 2 atom stereocenters. The number of rotatable bonds is 7. The Labute approximate surface area is 121 Å². The normalized spacial score (nSPS) is 24.4. The van der Waals surface area contributed by atoms with Crippen molar-refractivity contribution in [2.75, 3.05) is 13.1 Å². The summed E-state index contributed by atoms with van der Waals surface area (Å²) in [7, 11) is 0. The monoisotopic (exact) mass is 284 g/mol. The fraction of sp³-hybridized carbons (Fsp3) is 0.867. The quantitative estimate of drug-likeness (QED) is 0.666. The average molecular weight is 284 g/mol. The van der Waals surface area contributed by atoms with Crippen LogP contribution in [0.3, 0.4) is 0 Å². The molecule has 2 unspecified atom stereocenters. The Hall–Kier alpha value is -1.10. The number of nitrogens with one attached hydrogen (secondary N) is 2. The first kappa shape index (κ1) is 17.0. The number of hydrogen-bond donors (Lipinski definition) is 3. The Morgan fingerprint density at radius 3 is 2.55 bits per heavy atom. The largest absolute Gasteiger partial charge is 0.480 e. The maximum atomic E-state index is 12.6. The molecule has 1 rings (SSSR count). The molecule has 1 heterocycles. The van der Waals surface area contributed by atoms with Gasteiger partial charge in [0.25, 0.3) is 0 Å². The second-order valence-corrected chi connectivity index (χ2v) is 6.30. The molecule has 0 saturated carbocycles. The SMILES string of the molecule is CCCC1(C(=O)NC(CC(C)C)C(=O)O)CCCNC1. The van der Waals surface area contributed by atoms with Crippen molar-refractivity contribution in [3.05, 3.63) is 0 Å². The van der Waals surface area contributed by atoms with Crippen LogP contribution in [-0.4, -0.2) is 36.1 Å². The topological polar surface area (TPSA) is 78.4 Å². The molecule has 116 valence electrons. The summed E-state index contributed by atoms with van der Waals surface area (Å²) in [5.74, 6) is -0.801. The fourth-order valence-corrected chi connectivity index (χ4v) is 2.97. The molecule has 1 amide bonds. The first-order valence-corrected chi connectivity index (χ1v) is 7.66. The zero-order chi connectivity index (χ0) is 15.2. The molecular formula is C15H28N2O3. The van der Waals surface area contributed by atoms with Gasteiger partial charge in [0.05, 0.1) is 5.41 Å². The standard InChI is InChI=1S/C15H28N2O3/c1-4-6-15(7-5-8-16-10-15)14(20)17-12(13(18)19)9-11(2)3/h11-12,16H,4-10H2,1-3H3,(H,17,20)(H,18,19). The van der Waals surface area contributed by atoms with Crippen molar-refractivity contribution in [3.63, 3.8) is 0 Å². The average Bonchev–Trinajstić information content (AvgIpc) is 2.38. The Morgan fingerprint density at radius 2 is 2.10 bits per heavy atom. The van der Waals surface area contributed by atoms with Crippen LogP contribution in [0.2, 0.25) is 0 Å². The van der Waals surface area contributed by atoms with E-state index in [9.17, 15) is 14.7 Å². The van der Waals surface area contributed by atoms with Crippen molar-refractivity contribution < 1.29 is 14.7 Å². The van der Waals surface area contributed by atoms with E-state index in [4.69, 9.17) is 0 Å². The van der Waals surface area contributed by atoms with E-state index in [1.165, 1.54) is 0 Å². The van der Waals surface area contributed by atoms with Crippen LogP contribution in [0.4, 0.5) is 0 Å². The van der Waals surface area contributed by atoms with Crippen LogP contribution in [0.5, 0.6) is 0 Å². The van der Waals surface area contributed by atoms with Crippen molar-refractivity contribution >= 4 is 11.9 Å². The molecule has 3 N–H and O–H groups in total. The van der Waals surface area contributed by atoms with E-state index >= 15 is 0 Å². The van der Waals surface area contributed by atoms with Gasteiger partial charge < -0.3 is 15.7 Å². The molecule has 0 spiro atoms. The maximum Gasteiger partial charge on any atom is 0.326 e. The summed E-state index contributed by atoms with van der Waals surface area (Å²) in [5.41, 5.74) is -0.433. The zero-order valence-electron chi connectivity index (χ0n) is 12.9. The molecular weight excluding hydrogens is 256 g/mol. The van der Waals surface area contributed by atoms with Gasteiger partial charge in [0.2, 0.25) is 5.91 Å². The lowest BCUT2D eigenvalue weighted by atomic mass is 9.76. The zero-order valence-corrected chi connectivity index (χ0v) is 12.9. The second kappa shape index (κ2) is 7.62. The molecule has 0 bridgehead atoms. The van der Waals surface area contributed by atoms with E-state index in [0.717, 1.165) is 32.2 Å². The van der Waals surface area contributed by atoms with Gasteiger partial charge in [-0.3, -0.25) is 4.79 Å². The summed E-state index contributed by atoms with van der Waals surface area (Å²) in [6.07, 6.45) is 4.01. The number of hydrogen-bond acceptors (Lipinski definition) is 3. The van der Waals surface area contributed by atoms with Gasteiger partial charge in [0.15, 0.2) is 0 Å². The first-order chi connectivity index (χ1) is 9.41. The van der Waals surface area contributed by atoms with Crippen molar-refractivity contribution in [1.29, 1.82) is 0 Å². The number of carbonyl (C=O) groups is 2. The number of carboxylic acids is 1. The summed E-state index contributed by atoms with van der Waals surface area (Å²) in [6.45, 7) is 7.58. The third-order valence-corrected chi connectivity index (χ3v) is 3.99. The Kier molecular flexibility index (Phi) is 6.46. The van der Waals surface area contributed by atoms with Gasteiger partial charge in [-0.25, -0.2) is 4.79 Å². The van der Waals surface area contributed by atoms with Crippen LogP contribution < -0.4 is 10.6 Å². The predicted octanol–water partition coefficient (Wildman–Crippen LogP) is 1.77. The highest BCUT2D eigenvalue weighted by atomic mass is 16.4. The van der Waals surface area contributed by atoms with Crippen LogP contribution in [0.15, 0.2) is 0 Å². The molecule has 0 aromatic carbocycles. The van der Waals surface area contributed by atoms with Crippen molar-refractivity contribution in [1.82, 2.24) is 10.6 Å². The van der Waals surface area contributed by atoms with Gasteiger partial charge in [-0.15, -0.1) is 0 Å². The number of aliphatic carboxylic acids is 1. The Morgan fingerprint density at radius 1 is 1.40 bits per heavy atom. The fourth-order valence-electron chi connectivity index (χ4n) is 2.97. The van der Waals surface area contributed by atoms with Gasteiger partial charge >= 0.3 is 5.97 Å². The molecule has 0 radical (unpaired) electrons. The summed E-state index contributed by atoms with van der Waals surface area (Å²) >= 11 is 0. The van der Waals surface area contributed by atoms with E-state index < -0.39 is 17.4 Å². The lowest BCUT2D eigenvalue weighted by molar-refractivity contribution is -0.145. The lowest BCUT2D eigenvalue weighted by Gasteiger charge is -2.37.